The zero-order valence-electron chi connectivity index (χ0n) is 17.0. The molecular formula is C19H18F3N7O3S. The number of aromatic nitrogens is 3. The fraction of sp³-hybridized carbons (Fsp3) is 0.158. The summed E-state index contributed by atoms with van der Waals surface area (Å²) in [5.74, 6) is 5.87. The second-order valence-corrected chi connectivity index (χ2v) is 7.17. The van der Waals surface area contributed by atoms with E-state index >= 15 is 0 Å². The molecule has 3 rings (SSSR count). The van der Waals surface area contributed by atoms with Crippen molar-refractivity contribution in [1.82, 2.24) is 14.9 Å². The van der Waals surface area contributed by atoms with E-state index < -0.39 is 12.3 Å². The number of alkyl halides is 3. The molecule has 0 fully saturated rings. The Balaban J connectivity index is 1.49. The Bertz CT molecular complexity index is 1120. The zero-order chi connectivity index (χ0) is 23.8. The Morgan fingerprint density at radius 2 is 1.97 bits per heavy atom. The molecule has 0 aliphatic rings. The molecule has 174 valence electrons. The van der Waals surface area contributed by atoms with Crippen molar-refractivity contribution in [3.8, 4) is 11.5 Å². The van der Waals surface area contributed by atoms with Gasteiger partial charge >= 0.3 is 6.36 Å². The SMILES string of the molecule is COc1cccc(/C=N/Nc2nnc(SCC(=O)Nc3ccc(OC(F)(F)F)cc3)n2N)c1. The summed E-state index contributed by atoms with van der Waals surface area (Å²) in [4.78, 5) is 12.1. The number of hydrazone groups is 1. The van der Waals surface area contributed by atoms with Gasteiger partial charge in [0.1, 0.15) is 11.5 Å². The number of thioether (sulfide) groups is 1. The number of nitrogens with one attached hydrogen (secondary N) is 2. The number of halogens is 3. The largest absolute Gasteiger partial charge is 0.573 e. The second-order valence-electron chi connectivity index (χ2n) is 6.23. The van der Waals surface area contributed by atoms with Crippen LogP contribution in [0.4, 0.5) is 24.8 Å². The molecule has 0 unspecified atom stereocenters. The first kappa shape index (κ1) is 23.7. The lowest BCUT2D eigenvalue weighted by Gasteiger charge is -2.09. The predicted molar refractivity (Wildman–Crippen MR) is 117 cm³/mol. The summed E-state index contributed by atoms with van der Waals surface area (Å²) in [6.45, 7) is 0. The number of methoxy groups -OCH3 is 1. The van der Waals surface area contributed by atoms with Gasteiger partial charge in [0.2, 0.25) is 11.1 Å². The van der Waals surface area contributed by atoms with E-state index in [9.17, 15) is 18.0 Å². The maximum atomic E-state index is 12.2. The van der Waals surface area contributed by atoms with Crippen LogP contribution in [-0.2, 0) is 4.79 Å². The van der Waals surface area contributed by atoms with Gasteiger partial charge in [-0.2, -0.15) is 5.10 Å². The Morgan fingerprint density at radius 3 is 2.67 bits per heavy atom. The lowest BCUT2D eigenvalue weighted by atomic mass is 10.2. The molecule has 0 radical (unpaired) electrons. The predicted octanol–water partition coefficient (Wildman–Crippen LogP) is 3.08. The number of carbonyl (C=O) groups is 1. The maximum Gasteiger partial charge on any atom is 0.573 e. The van der Waals surface area contributed by atoms with Crippen molar-refractivity contribution in [1.29, 1.82) is 0 Å². The monoisotopic (exact) mass is 481 g/mol. The van der Waals surface area contributed by atoms with Gasteiger partial charge in [0, 0.05) is 5.69 Å². The summed E-state index contributed by atoms with van der Waals surface area (Å²) >= 11 is 1.01. The summed E-state index contributed by atoms with van der Waals surface area (Å²) < 4.78 is 46.6. The van der Waals surface area contributed by atoms with Crippen molar-refractivity contribution in [3.05, 3.63) is 54.1 Å². The second kappa shape index (κ2) is 10.6. The highest BCUT2D eigenvalue weighted by Gasteiger charge is 2.30. The molecule has 0 aliphatic heterocycles. The highest BCUT2D eigenvalue weighted by Crippen LogP contribution is 2.24. The molecule has 3 aromatic rings. The average molecular weight is 481 g/mol. The van der Waals surface area contributed by atoms with Crippen molar-refractivity contribution < 1.29 is 27.4 Å². The van der Waals surface area contributed by atoms with Gasteiger partial charge in [-0.3, -0.25) is 4.79 Å². The van der Waals surface area contributed by atoms with Crippen LogP contribution >= 0.6 is 11.8 Å². The molecule has 0 bridgehead atoms. The molecule has 10 nitrogen and oxygen atoms in total. The van der Waals surface area contributed by atoms with Gasteiger partial charge in [-0.1, -0.05) is 23.9 Å². The minimum Gasteiger partial charge on any atom is -0.497 e. The first-order valence-electron chi connectivity index (χ1n) is 9.15. The highest BCUT2D eigenvalue weighted by atomic mass is 32.2. The third-order valence-corrected chi connectivity index (χ3v) is 4.78. The summed E-state index contributed by atoms with van der Waals surface area (Å²) in [5, 5.41) is 14.6. The average Bonchev–Trinajstić information content (AvgIpc) is 3.12. The molecule has 0 saturated carbocycles. The van der Waals surface area contributed by atoms with Crippen molar-refractivity contribution in [2.24, 2.45) is 5.10 Å². The number of nitrogens with zero attached hydrogens (tertiary/aromatic N) is 4. The minimum absolute atomic E-state index is 0.0663. The number of nitrogen functional groups attached to an aromatic ring is 1. The standard InChI is InChI=1S/C19H18F3N7O3S/c1-31-15-4-2-3-12(9-15)10-24-26-17-27-28-18(29(17)23)33-11-16(30)25-13-5-7-14(8-6-13)32-19(20,21)22/h2-10H,11,23H2,1H3,(H,25,30)(H,26,27)/b24-10+. The summed E-state index contributed by atoms with van der Waals surface area (Å²) in [7, 11) is 1.56. The van der Waals surface area contributed by atoms with E-state index in [1.54, 1.807) is 25.5 Å². The lowest BCUT2D eigenvalue weighted by Crippen LogP contribution is -2.18. The summed E-state index contributed by atoms with van der Waals surface area (Å²) in [6.07, 6.45) is -3.24. The van der Waals surface area contributed by atoms with Gasteiger partial charge < -0.3 is 20.6 Å². The van der Waals surface area contributed by atoms with Crippen molar-refractivity contribution in [2.75, 3.05) is 29.4 Å². The van der Waals surface area contributed by atoms with Gasteiger partial charge in [-0.15, -0.1) is 23.4 Å². The Labute approximate surface area is 189 Å². The molecule has 0 spiro atoms. The van der Waals surface area contributed by atoms with Gasteiger partial charge in [0.05, 0.1) is 19.1 Å². The van der Waals surface area contributed by atoms with Gasteiger partial charge in [0.25, 0.3) is 5.95 Å². The third-order valence-electron chi connectivity index (χ3n) is 3.84. The van der Waals surface area contributed by atoms with Crippen LogP contribution in [-0.4, -0.2) is 46.2 Å². The quantitative estimate of drug-likeness (QED) is 0.184. The van der Waals surface area contributed by atoms with Crippen LogP contribution in [0.1, 0.15) is 5.56 Å². The van der Waals surface area contributed by atoms with Crippen LogP contribution in [0.5, 0.6) is 11.5 Å². The topological polar surface area (TPSA) is 129 Å². The van der Waals surface area contributed by atoms with Crippen LogP contribution < -0.4 is 26.1 Å². The minimum atomic E-state index is -4.78. The Kier molecular flexibility index (Phi) is 7.61. The van der Waals surface area contributed by atoms with E-state index in [0.717, 1.165) is 34.1 Å². The van der Waals surface area contributed by atoms with Gasteiger partial charge in [-0.05, 0) is 42.0 Å². The molecule has 4 N–H and O–H groups in total. The molecule has 1 amide bonds. The molecule has 0 atom stereocenters. The van der Waals surface area contributed by atoms with E-state index in [1.807, 2.05) is 12.1 Å². The molecular weight excluding hydrogens is 463 g/mol. The highest BCUT2D eigenvalue weighted by molar-refractivity contribution is 7.99. The van der Waals surface area contributed by atoms with Crippen LogP contribution in [0.15, 0.2) is 58.8 Å². The summed E-state index contributed by atoms with van der Waals surface area (Å²) in [5.41, 5.74) is 3.75. The van der Waals surface area contributed by atoms with E-state index in [-0.39, 0.29) is 22.6 Å². The van der Waals surface area contributed by atoms with Gasteiger partial charge in [0.15, 0.2) is 0 Å². The number of nitrogens with two attached hydrogens (primary N) is 1. The molecule has 14 heteroatoms. The number of hydrogen-bond donors (Lipinski definition) is 3. The van der Waals surface area contributed by atoms with Crippen molar-refractivity contribution >= 4 is 35.5 Å². The number of amides is 1. The zero-order valence-corrected chi connectivity index (χ0v) is 17.9. The van der Waals surface area contributed by atoms with E-state index in [4.69, 9.17) is 10.6 Å². The number of anilines is 2. The fourth-order valence-electron chi connectivity index (χ4n) is 2.41. The molecule has 33 heavy (non-hydrogen) atoms. The number of benzene rings is 2. The molecule has 0 saturated heterocycles. The number of hydrogen-bond acceptors (Lipinski definition) is 9. The maximum absolute atomic E-state index is 12.2. The first-order chi connectivity index (χ1) is 15.7. The fourth-order valence-corrected chi connectivity index (χ4v) is 3.06. The summed E-state index contributed by atoms with van der Waals surface area (Å²) in [6, 6.07) is 12.0. The molecule has 0 aliphatic carbocycles. The van der Waals surface area contributed by atoms with Crippen LogP contribution in [0.2, 0.25) is 0 Å². The number of ether oxygens (including phenoxy) is 2. The van der Waals surface area contributed by atoms with Crippen molar-refractivity contribution in [2.45, 2.75) is 11.5 Å². The third kappa shape index (κ3) is 7.31. The normalized spacial score (nSPS) is 11.4. The Morgan fingerprint density at radius 1 is 1.21 bits per heavy atom. The number of rotatable bonds is 9. The molecule has 1 heterocycles. The van der Waals surface area contributed by atoms with Crippen LogP contribution in [0, 0.1) is 0 Å². The molecule has 1 aromatic heterocycles. The molecule has 2 aromatic carbocycles. The van der Waals surface area contributed by atoms with Gasteiger partial charge in [-0.25, -0.2) is 10.1 Å². The first-order valence-corrected chi connectivity index (χ1v) is 10.1. The smallest absolute Gasteiger partial charge is 0.497 e. The lowest BCUT2D eigenvalue weighted by molar-refractivity contribution is -0.274. The van der Waals surface area contributed by atoms with E-state index in [1.165, 1.54) is 12.1 Å². The van der Waals surface area contributed by atoms with E-state index in [0.29, 0.717) is 11.4 Å². The van der Waals surface area contributed by atoms with Crippen LogP contribution in [0.3, 0.4) is 0 Å². The number of carbonyl (C=O) groups excluding carboxylic acids is 1. The van der Waals surface area contributed by atoms with E-state index in [2.05, 4.69) is 30.8 Å². The van der Waals surface area contributed by atoms with Crippen LogP contribution in [0.25, 0.3) is 0 Å². The van der Waals surface area contributed by atoms with Crippen molar-refractivity contribution in [3.63, 3.8) is 0 Å². The Hall–Kier alpha value is -3.94.